The van der Waals surface area contributed by atoms with Gasteiger partial charge in [0.15, 0.2) is 0 Å². The van der Waals surface area contributed by atoms with Gasteiger partial charge in [0.1, 0.15) is 0 Å². The Morgan fingerprint density at radius 2 is 1.88 bits per heavy atom. The third kappa shape index (κ3) is 3.22. The van der Waals surface area contributed by atoms with E-state index in [4.69, 9.17) is 9.84 Å². The van der Waals surface area contributed by atoms with Crippen molar-refractivity contribution in [3.63, 3.8) is 0 Å². The highest BCUT2D eigenvalue weighted by molar-refractivity contribution is 5.73. The normalized spacial score (nSPS) is 27.1. The van der Waals surface area contributed by atoms with Crippen molar-refractivity contribution in [3.05, 3.63) is 0 Å². The summed E-state index contributed by atoms with van der Waals surface area (Å²) in [7, 11) is 0. The van der Waals surface area contributed by atoms with Crippen LogP contribution < -0.4 is 0 Å². The van der Waals surface area contributed by atoms with Crippen LogP contribution in [0.3, 0.4) is 0 Å². The number of rotatable bonds is 4. The van der Waals surface area contributed by atoms with Crippen LogP contribution in [-0.4, -0.2) is 23.7 Å². The standard InChI is InChI=1S/C12H20O4/c1-3-16-12(15)10-6-4-9(5-7-10)8(2)11(13)14/h8-10H,3-7H2,1-2H3,(H,13,14). The topological polar surface area (TPSA) is 63.6 Å². The molecule has 0 amide bonds. The van der Waals surface area contributed by atoms with E-state index in [0.717, 1.165) is 25.7 Å². The Labute approximate surface area is 96.0 Å². The molecule has 0 radical (unpaired) electrons. The number of hydrogen-bond acceptors (Lipinski definition) is 3. The second-order valence-corrected chi connectivity index (χ2v) is 4.49. The summed E-state index contributed by atoms with van der Waals surface area (Å²) in [6.07, 6.45) is 3.16. The molecule has 1 aliphatic carbocycles. The summed E-state index contributed by atoms with van der Waals surface area (Å²) in [4.78, 5) is 22.3. The van der Waals surface area contributed by atoms with Crippen LogP contribution in [0.5, 0.6) is 0 Å². The van der Waals surface area contributed by atoms with E-state index in [1.807, 2.05) is 0 Å². The smallest absolute Gasteiger partial charge is 0.308 e. The minimum atomic E-state index is -0.736. The molecular weight excluding hydrogens is 208 g/mol. The Morgan fingerprint density at radius 3 is 2.31 bits per heavy atom. The van der Waals surface area contributed by atoms with Crippen LogP contribution in [0.1, 0.15) is 39.5 Å². The maximum atomic E-state index is 11.5. The van der Waals surface area contributed by atoms with Crippen LogP contribution >= 0.6 is 0 Å². The van der Waals surface area contributed by atoms with Crippen molar-refractivity contribution < 1.29 is 19.4 Å². The quantitative estimate of drug-likeness (QED) is 0.748. The van der Waals surface area contributed by atoms with E-state index in [9.17, 15) is 9.59 Å². The van der Waals surface area contributed by atoms with Gasteiger partial charge in [-0.05, 0) is 38.5 Å². The molecule has 1 fully saturated rings. The van der Waals surface area contributed by atoms with Crippen LogP contribution in [0.25, 0.3) is 0 Å². The molecule has 16 heavy (non-hydrogen) atoms. The van der Waals surface area contributed by atoms with Crippen LogP contribution in [0.2, 0.25) is 0 Å². The number of carboxylic acid groups (broad SMARTS) is 1. The fraction of sp³-hybridized carbons (Fsp3) is 0.833. The number of carbonyl (C=O) groups is 2. The van der Waals surface area contributed by atoms with E-state index >= 15 is 0 Å². The third-order valence-electron chi connectivity index (χ3n) is 3.49. The molecule has 0 aromatic heterocycles. The molecule has 1 N–H and O–H groups in total. The van der Waals surface area contributed by atoms with Gasteiger partial charge in [0.05, 0.1) is 18.4 Å². The molecule has 0 aliphatic heterocycles. The van der Waals surface area contributed by atoms with E-state index in [-0.39, 0.29) is 23.7 Å². The van der Waals surface area contributed by atoms with Crippen molar-refractivity contribution in [2.75, 3.05) is 6.61 Å². The minimum Gasteiger partial charge on any atom is -0.481 e. The Hall–Kier alpha value is -1.06. The van der Waals surface area contributed by atoms with Gasteiger partial charge < -0.3 is 9.84 Å². The number of carbonyl (C=O) groups excluding carboxylic acids is 1. The van der Waals surface area contributed by atoms with Gasteiger partial charge >= 0.3 is 11.9 Å². The summed E-state index contributed by atoms with van der Waals surface area (Å²) in [5.41, 5.74) is 0. The Morgan fingerprint density at radius 1 is 1.31 bits per heavy atom. The largest absolute Gasteiger partial charge is 0.481 e. The first-order valence-corrected chi connectivity index (χ1v) is 5.95. The second-order valence-electron chi connectivity index (χ2n) is 4.49. The van der Waals surface area contributed by atoms with Gasteiger partial charge in [-0.2, -0.15) is 0 Å². The molecule has 1 atom stereocenters. The fourth-order valence-electron chi connectivity index (χ4n) is 2.32. The van der Waals surface area contributed by atoms with Crippen molar-refractivity contribution in [3.8, 4) is 0 Å². The maximum absolute atomic E-state index is 11.5. The van der Waals surface area contributed by atoms with E-state index in [0.29, 0.717) is 6.61 Å². The van der Waals surface area contributed by atoms with Crippen LogP contribution in [0.4, 0.5) is 0 Å². The van der Waals surface area contributed by atoms with Gasteiger partial charge in [0, 0.05) is 0 Å². The maximum Gasteiger partial charge on any atom is 0.308 e. The molecule has 4 nitrogen and oxygen atoms in total. The lowest BCUT2D eigenvalue weighted by Gasteiger charge is -2.29. The molecule has 1 rings (SSSR count). The predicted molar refractivity (Wildman–Crippen MR) is 58.9 cm³/mol. The molecule has 1 aliphatic rings. The zero-order chi connectivity index (χ0) is 12.1. The van der Waals surface area contributed by atoms with Crippen LogP contribution in [0.15, 0.2) is 0 Å². The summed E-state index contributed by atoms with van der Waals surface area (Å²) in [6.45, 7) is 3.97. The van der Waals surface area contributed by atoms with E-state index < -0.39 is 5.97 Å². The Kier molecular flexibility index (Phi) is 4.77. The zero-order valence-corrected chi connectivity index (χ0v) is 9.94. The molecule has 0 heterocycles. The van der Waals surface area contributed by atoms with Gasteiger partial charge in [-0.15, -0.1) is 0 Å². The van der Waals surface area contributed by atoms with Crippen LogP contribution in [-0.2, 0) is 14.3 Å². The van der Waals surface area contributed by atoms with Crippen LogP contribution in [0, 0.1) is 17.8 Å². The highest BCUT2D eigenvalue weighted by Gasteiger charge is 2.32. The third-order valence-corrected chi connectivity index (χ3v) is 3.49. The molecule has 92 valence electrons. The van der Waals surface area contributed by atoms with Crippen molar-refractivity contribution in [1.82, 2.24) is 0 Å². The van der Waals surface area contributed by atoms with Gasteiger partial charge in [0.2, 0.25) is 0 Å². The summed E-state index contributed by atoms with van der Waals surface area (Å²) >= 11 is 0. The van der Waals surface area contributed by atoms with Gasteiger partial charge in [-0.1, -0.05) is 6.92 Å². The van der Waals surface area contributed by atoms with Crippen molar-refractivity contribution >= 4 is 11.9 Å². The van der Waals surface area contributed by atoms with E-state index in [1.165, 1.54) is 0 Å². The SMILES string of the molecule is CCOC(=O)C1CCC(C(C)C(=O)O)CC1. The zero-order valence-electron chi connectivity index (χ0n) is 9.94. The lowest BCUT2D eigenvalue weighted by Crippen LogP contribution is -2.29. The number of esters is 1. The van der Waals surface area contributed by atoms with Crippen molar-refractivity contribution in [2.45, 2.75) is 39.5 Å². The Bertz CT molecular complexity index is 254. The van der Waals surface area contributed by atoms with E-state index in [1.54, 1.807) is 13.8 Å². The molecule has 1 saturated carbocycles. The molecule has 0 spiro atoms. The second kappa shape index (κ2) is 5.87. The monoisotopic (exact) mass is 228 g/mol. The fourth-order valence-corrected chi connectivity index (χ4v) is 2.32. The van der Waals surface area contributed by atoms with Gasteiger partial charge in [0.25, 0.3) is 0 Å². The number of aliphatic carboxylic acids is 1. The highest BCUT2D eigenvalue weighted by atomic mass is 16.5. The summed E-state index contributed by atoms with van der Waals surface area (Å²) in [5.74, 6) is -0.966. The first-order chi connectivity index (χ1) is 7.56. The average Bonchev–Trinajstić information content (AvgIpc) is 2.28. The molecule has 4 heteroatoms. The first kappa shape index (κ1) is 13.0. The number of hydrogen-bond donors (Lipinski definition) is 1. The summed E-state index contributed by atoms with van der Waals surface area (Å²) < 4.78 is 4.97. The lowest BCUT2D eigenvalue weighted by atomic mass is 9.76. The van der Waals surface area contributed by atoms with Crippen molar-refractivity contribution in [2.24, 2.45) is 17.8 Å². The summed E-state index contributed by atoms with van der Waals surface area (Å²) in [5, 5.41) is 8.90. The number of carboxylic acids is 1. The molecule has 0 aromatic carbocycles. The molecule has 1 unspecified atom stereocenters. The lowest BCUT2D eigenvalue weighted by molar-refractivity contribution is -0.150. The molecule has 0 bridgehead atoms. The van der Waals surface area contributed by atoms with E-state index in [2.05, 4.69) is 0 Å². The first-order valence-electron chi connectivity index (χ1n) is 5.95. The van der Waals surface area contributed by atoms with Crippen molar-refractivity contribution in [1.29, 1.82) is 0 Å². The highest BCUT2D eigenvalue weighted by Crippen LogP contribution is 2.34. The molecule has 0 aromatic rings. The minimum absolute atomic E-state index is 0.0165. The number of ether oxygens (including phenoxy) is 1. The average molecular weight is 228 g/mol. The van der Waals surface area contributed by atoms with Gasteiger partial charge in [-0.25, -0.2) is 0 Å². The summed E-state index contributed by atoms with van der Waals surface area (Å²) in [6, 6.07) is 0. The Balaban J connectivity index is 2.39. The molecular formula is C12H20O4. The van der Waals surface area contributed by atoms with Gasteiger partial charge in [-0.3, -0.25) is 9.59 Å². The molecule has 0 saturated heterocycles. The predicted octanol–water partition coefficient (Wildman–Crippen LogP) is 2.08.